The molecular formula is C13H12BrClN2OS2. The van der Waals surface area contributed by atoms with E-state index in [1.165, 1.54) is 0 Å². The monoisotopic (exact) mass is 390 g/mol. The fourth-order valence-corrected chi connectivity index (χ4v) is 3.19. The topological polar surface area (TPSA) is 37.9 Å². The number of aromatic amines is 1. The second-order valence-electron chi connectivity index (χ2n) is 3.96. The summed E-state index contributed by atoms with van der Waals surface area (Å²) in [5, 5.41) is 0.728. The largest absolute Gasteiger partial charge is 0.378 e. The fraction of sp³-hybridized carbons (Fsp3) is 0.231. The van der Waals surface area contributed by atoms with Crippen LogP contribution in [0.15, 0.2) is 33.6 Å². The summed E-state index contributed by atoms with van der Waals surface area (Å²) in [5.41, 5.74) is 0.897. The molecule has 2 aromatic rings. The van der Waals surface area contributed by atoms with E-state index in [1.807, 2.05) is 24.3 Å². The number of ether oxygens (including phenoxy) is 1. The molecule has 1 aromatic carbocycles. The first-order chi connectivity index (χ1) is 9.60. The van der Waals surface area contributed by atoms with E-state index in [0.29, 0.717) is 17.0 Å². The Bertz CT molecular complexity index is 663. The summed E-state index contributed by atoms with van der Waals surface area (Å²) in [7, 11) is 1.64. The van der Waals surface area contributed by atoms with Gasteiger partial charge in [0.15, 0.2) is 0 Å². The molecule has 0 aliphatic rings. The third kappa shape index (κ3) is 4.30. The van der Waals surface area contributed by atoms with Gasteiger partial charge in [-0.1, -0.05) is 29.9 Å². The second kappa shape index (κ2) is 7.56. The van der Waals surface area contributed by atoms with E-state index in [4.69, 9.17) is 28.6 Å². The van der Waals surface area contributed by atoms with Crippen LogP contribution in [-0.2, 0) is 17.1 Å². The highest BCUT2D eigenvalue weighted by atomic mass is 79.9. The molecule has 3 nitrogen and oxygen atoms in total. The van der Waals surface area contributed by atoms with E-state index in [2.05, 4.69) is 25.9 Å². The normalized spacial score (nSPS) is 10.8. The van der Waals surface area contributed by atoms with Crippen molar-refractivity contribution in [2.45, 2.75) is 17.3 Å². The number of H-pyrrole nitrogens is 1. The Kier molecular flexibility index (Phi) is 6.04. The van der Waals surface area contributed by atoms with Crippen molar-refractivity contribution >= 4 is 51.5 Å². The van der Waals surface area contributed by atoms with E-state index in [0.717, 1.165) is 25.9 Å². The zero-order chi connectivity index (χ0) is 14.5. The lowest BCUT2D eigenvalue weighted by molar-refractivity contribution is 0.180. The maximum Gasteiger partial charge on any atom is 0.144 e. The molecule has 7 heteroatoms. The van der Waals surface area contributed by atoms with Crippen molar-refractivity contribution in [3.8, 4) is 0 Å². The van der Waals surface area contributed by atoms with E-state index in [9.17, 15) is 0 Å². The Hall–Kier alpha value is -0.400. The number of aromatic nitrogens is 2. The molecular weight excluding hydrogens is 380 g/mol. The van der Waals surface area contributed by atoms with Crippen molar-refractivity contribution in [3.63, 3.8) is 0 Å². The molecule has 0 aliphatic heterocycles. The van der Waals surface area contributed by atoms with Crippen molar-refractivity contribution in [1.29, 1.82) is 0 Å². The number of thioether (sulfide) groups is 1. The number of methoxy groups -OCH3 is 1. The smallest absolute Gasteiger partial charge is 0.144 e. The van der Waals surface area contributed by atoms with Crippen LogP contribution in [0.5, 0.6) is 0 Å². The van der Waals surface area contributed by atoms with Crippen molar-refractivity contribution in [2.24, 2.45) is 0 Å². The summed E-state index contributed by atoms with van der Waals surface area (Å²) in [6, 6.07) is 7.72. The predicted molar refractivity (Wildman–Crippen MR) is 88.8 cm³/mol. The van der Waals surface area contributed by atoms with Crippen LogP contribution in [0.4, 0.5) is 0 Å². The van der Waals surface area contributed by atoms with E-state index < -0.39 is 0 Å². The first-order valence-corrected chi connectivity index (χ1v) is 8.31. The minimum atomic E-state index is 0.460. The van der Waals surface area contributed by atoms with Gasteiger partial charge in [0.25, 0.3) is 0 Å². The van der Waals surface area contributed by atoms with Gasteiger partial charge in [-0.25, -0.2) is 4.98 Å². The van der Waals surface area contributed by atoms with Gasteiger partial charge in [-0.2, -0.15) is 0 Å². The molecule has 0 saturated heterocycles. The van der Waals surface area contributed by atoms with Gasteiger partial charge in [0.1, 0.15) is 10.5 Å². The van der Waals surface area contributed by atoms with Crippen molar-refractivity contribution in [1.82, 2.24) is 9.97 Å². The maximum absolute atomic E-state index is 5.96. The summed E-state index contributed by atoms with van der Waals surface area (Å²) in [5.74, 6) is 1.50. The summed E-state index contributed by atoms with van der Waals surface area (Å²) in [6.07, 6.45) is 0. The molecule has 1 heterocycles. The van der Waals surface area contributed by atoms with E-state index >= 15 is 0 Å². The minimum Gasteiger partial charge on any atom is -0.378 e. The summed E-state index contributed by atoms with van der Waals surface area (Å²) in [6.45, 7) is 0.460. The van der Waals surface area contributed by atoms with Gasteiger partial charge in [0.2, 0.25) is 0 Å². The molecule has 1 aromatic heterocycles. The Morgan fingerprint density at radius 3 is 3.00 bits per heavy atom. The Morgan fingerprint density at radius 1 is 1.50 bits per heavy atom. The van der Waals surface area contributed by atoms with Gasteiger partial charge >= 0.3 is 0 Å². The molecule has 0 saturated carbocycles. The van der Waals surface area contributed by atoms with Gasteiger partial charge in [-0.05, 0) is 34.1 Å². The number of rotatable bonds is 5. The molecule has 0 atom stereocenters. The molecule has 0 fully saturated rings. The Balaban J connectivity index is 2.15. The first kappa shape index (κ1) is 16.0. The van der Waals surface area contributed by atoms with Crippen LogP contribution >= 0.6 is 51.5 Å². The first-order valence-electron chi connectivity index (χ1n) is 5.75. The van der Waals surface area contributed by atoms with Gasteiger partial charge < -0.3 is 9.72 Å². The summed E-state index contributed by atoms with van der Waals surface area (Å²) in [4.78, 5) is 8.68. The van der Waals surface area contributed by atoms with Crippen LogP contribution in [0.3, 0.4) is 0 Å². The van der Waals surface area contributed by atoms with Crippen molar-refractivity contribution in [2.75, 3.05) is 7.11 Å². The van der Waals surface area contributed by atoms with Gasteiger partial charge in [0.05, 0.1) is 22.5 Å². The molecule has 2 rings (SSSR count). The third-order valence-electron chi connectivity index (χ3n) is 2.44. The van der Waals surface area contributed by atoms with Crippen LogP contribution < -0.4 is 0 Å². The summed E-state index contributed by atoms with van der Waals surface area (Å²) >= 11 is 16.3. The average Bonchev–Trinajstić information content (AvgIpc) is 2.42. The molecule has 0 radical (unpaired) electrons. The molecule has 106 valence electrons. The summed E-state index contributed by atoms with van der Waals surface area (Å²) < 4.78 is 6.46. The molecule has 20 heavy (non-hydrogen) atoms. The number of nitrogens with one attached hydrogen (secondary N) is 1. The maximum atomic E-state index is 5.96. The van der Waals surface area contributed by atoms with Crippen molar-refractivity contribution < 1.29 is 4.74 Å². The molecule has 0 aliphatic carbocycles. The number of nitrogens with zero attached hydrogens (tertiary/aromatic N) is 1. The predicted octanol–water partition coefficient (Wildman–Crippen LogP) is 4.99. The van der Waals surface area contributed by atoms with Crippen molar-refractivity contribution in [3.05, 3.63) is 49.9 Å². The zero-order valence-corrected chi connectivity index (χ0v) is 14.6. The van der Waals surface area contributed by atoms with E-state index in [-0.39, 0.29) is 0 Å². The van der Waals surface area contributed by atoms with Crippen LogP contribution in [-0.4, -0.2) is 17.1 Å². The Morgan fingerprint density at radius 2 is 2.30 bits per heavy atom. The highest BCUT2D eigenvalue weighted by Crippen LogP contribution is 2.25. The third-order valence-corrected chi connectivity index (χ3v) is 5.10. The quantitative estimate of drug-likeness (QED) is 0.575. The molecule has 0 bridgehead atoms. The highest BCUT2D eigenvalue weighted by molar-refractivity contribution is 9.10. The Labute approximate surface area is 140 Å². The lowest BCUT2D eigenvalue weighted by Gasteiger charge is -2.08. The second-order valence-corrected chi connectivity index (χ2v) is 6.63. The van der Waals surface area contributed by atoms with Crippen LogP contribution in [0, 0.1) is 4.64 Å². The number of benzene rings is 1. The van der Waals surface area contributed by atoms with Gasteiger partial charge in [0, 0.05) is 17.0 Å². The SMILES string of the molecule is COCc1[nH]c(CSc2cccc(Cl)c2)nc(=S)c1Br. The molecule has 0 amide bonds. The standard InChI is InChI=1S/C13H12BrClN2OS2/c1-18-6-10-12(14)13(19)17-11(16-10)7-20-9-4-2-3-8(15)5-9/h2-5H,6-7H2,1H3,(H,16,17,19). The molecule has 0 spiro atoms. The van der Waals surface area contributed by atoms with Crippen LogP contribution in [0.25, 0.3) is 0 Å². The van der Waals surface area contributed by atoms with Gasteiger partial charge in [-0.3, -0.25) is 0 Å². The number of hydrogen-bond donors (Lipinski definition) is 1. The van der Waals surface area contributed by atoms with Gasteiger partial charge in [-0.15, -0.1) is 11.8 Å². The fourth-order valence-electron chi connectivity index (χ4n) is 1.58. The lowest BCUT2D eigenvalue weighted by Crippen LogP contribution is -2.01. The van der Waals surface area contributed by atoms with E-state index in [1.54, 1.807) is 18.9 Å². The number of hydrogen-bond acceptors (Lipinski definition) is 4. The molecule has 0 unspecified atom stereocenters. The highest BCUT2D eigenvalue weighted by Gasteiger charge is 2.07. The minimum absolute atomic E-state index is 0.460. The average molecular weight is 392 g/mol. The molecule has 1 N–H and O–H groups in total. The zero-order valence-electron chi connectivity index (χ0n) is 10.7. The number of halogens is 2. The lowest BCUT2D eigenvalue weighted by atomic mass is 10.4. The van der Waals surface area contributed by atoms with Crippen LogP contribution in [0.1, 0.15) is 11.5 Å². The van der Waals surface area contributed by atoms with Crippen LogP contribution in [0.2, 0.25) is 5.02 Å².